The average molecular weight is 210 g/mol. The van der Waals surface area contributed by atoms with Crippen molar-refractivity contribution in [2.24, 2.45) is 5.92 Å². The molecule has 0 aromatic rings. The quantitative estimate of drug-likeness (QED) is 0.530. The molecule has 0 aromatic heterocycles. The first-order valence-electron chi connectivity index (χ1n) is 5.17. The molecule has 84 valence electrons. The van der Waals surface area contributed by atoms with Gasteiger partial charge in [-0.2, -0.15) is 0 Å². The van der Waals surface area contributed by atoms with Crippen LogP contribution >= 0.6 is 0 Å². The molecule has 0 N–H and O–H groups in total. The molecule has 1 atom stereocenters. The molecule has 0 saturated carbocycles. The summed E-state index contributed by atoms with van der Waals surface area (Å²) in [5, 5.41) is 0. The van der Waals surface area contributed by atoms with Gasteiger partial charge in [-0.05, 0) is 37.7 Å². The zero-order chi connectivity index (χ0) is 11.3. The van der Waals surface area contributed by atoms with Crippen LogP contribution in [0.1, 0.15) is 26.2 Å². The fraction of sp³-hybridized carbons (Fsp3) is 0.583. The van der Waals surface area contributed by atoms with E-state index in [2.05, 4.69) is 24.3 Å². The molecule has 0 aliphatic heterocycles. The van der Waals surface area contributed by atoms with Gasteiger partial charge in [0.2, 0.25) is 0 Å². The monoisotopic (exact) mass is 210 g/mol. The third-order valence-corrected chi connectivity index (χ3v) is 2.74. The van der Waals surface area contributed by atoms with E-state index in [0.717, 1.165) is 19.3 Å². The zero-order valence-electron chi connectivity index (χ0n) is 9.41. The van der Waals surface area contributed by atoms with Crippen molar-refractivity contribution in [3.63, 3.8) is 0 Å². The van der Waals surface area contributed by atoms with Gasteiger partial charge in [0.15, 0.2) is 0 Å². The Morgan fingerprint density at radius 1 is 1.67 bits per heavy atom. The van der Waals surface area contributed by atoms with E-state index in [-0.39, 0.29) is 0 Å². The maximum Gasteiger partial charge on any atom is 0.508 e. The molecule has 1 rings (SSSR count). The van der Waals surface area contributed by atoms with Gasteiger partial charge in [0.1, 0.15) is 6.61 Å². The molecule has 0 amide bonds. The number of hydrogen-bond acceptors (Lipinski definition) is 3. The molecule has 0 saturated heterocycles. The first-order valence-corrected chi connectivity index (χ1v) is 5.17. The summed E-state index contributed by atoms with van der Waals surface area (Å²) in [5.41, 5.74) is 2.41. The predicted molar refractivity (Wildman–Crippen MR) is 58.6 cm³/mol. The van der Waals surface area contributed by atoms with Gasteiger partial charge in [-0.3, -0.25) is 0 Å². The highest BCUT2D eigenvalue weighted by atomic mass is 16.7. The van der Waals surface area contributed by atoms with Gasteiger partial charge in [0.05, 0.1) is 7.11 Å². The zero-order valence-corrected chi connectivity index (χ0v) is 9.41. The topological polar surface area (TPSA) is 35.5 Å². The summed E-state index contributed by atoms with van der Waals surface area (Å²) in [6.45, 7) is 6.38. The maximum atomic E-state index is 10.7. The van der Waals surface area contributed by atoms with Crippen LogP contribution in [0, 0.1) is 5.92 Å². The van der Waals surface area contributed by atoms with Gasteiger partial charge >= 0.3 is 6.16 Å². The van der Waals surface area contributed by atoms with Crippen LogP contribution in [0.15, 0.2) is 23.8 Å². The van der Waals surface area contributed by atoms with E-state index in [1.807, 2.05) is 0 Å². The molecule has 3 heteroatoms. The Labute approximate surface area is 90.8 Å². The van der Waals surface area contributed by atoms with E-state index in [1.54, 1.807) is 0 Å². The highest BCUT2D eigenvalue weighted by Gasteiger charge is 2.15. The van der Waals surface area contributed by atoms with E-state index in [1.165, 1.54) is 18.3 Å². The van der Waals surface area contributed by atoms with Crippen molar-refractivity contribution < 1.29 is 14.3 Å². The smallest absolute Gasteiger partial charge is 0.438 e. The Kier molecular flexibility index (Phi) is 4.40. The van der Waals surface area contributed by atoms with Crippen LogP contribution in [0.2, 0.25) is 0 Å². The second-order valence-corrected chi connectivity index (χ2v) is 3.92. The van der Waals surface area contributed by atoms with E-state index in [0.29, 0.717) is 12.5 Å². The number of ether oxygens (including phenoxy) is 2. The summed E-state index contributed by atoms with van der Waals surface area (Å²) in [6.07, 6.45) is 4.62. The van der Waals surface area contributed by atoms with E-state index >= 15 is 0 Å². The fourth-order valence-electron chi connectivity index (χ4n) is 1.68. The van der Waals surface area contributed by atoms with Crippen LogP contribution in [-0.4, -0.2) is 19.9 Å². The highest BCUT2D eigenvalue weighted by Crippen LogP contribution is 2.28. The summed E-state index contributed by atoms with van der Waals surface area (Å²) in [6, 6.07) is 0. The number of carbonyl (C=O) groups is 1. The minimum Gasteiger partial charge on any atom is -0.438 e. The van der Waals surface area contributed by atoms with Crippen LogP contribution in [0.5, 0.6) is 0 Å². The Bertz CT molecular complexity index is 279. The molecule has 3 nitrogen and oxygen atoms in total. The Morgan fingerprint density at radius 3 is 2.87 bits per heavy atom. The number of carbonyl (C=O) groups excluding carboxylic acids is 1. The molecule has 0 fully saturated rings. The third kappa shape index (κ3) is 3.78. The first-order chi connectivity index (χ1) is 7.13. The number of methoxy groups -OCH3 is 1. The minimum absolute atomic E-state index is 0.357. The van der Waals surface area contributed by atoms with Gasteiger partial charge in [0, 0.05) is 0 Å². The highest BCUT2D eigenvalue weighted by molar-refractivity contribution is 5.59. The SMILES string of the molecule is C=C(C)C1CC=C(COC(=O)OC)CC1. The Balaban J connectivity index is 2.34. The van der Waals surface area contributed by atoms with Gasteiger partial charge < -0.3 is 9.47 Å². The predicted octanol–water partition coefficient (Wildman–Crippen LogP) is 3.07. The largest absolute Gasteiger partial charge is 0.508 e. The molecular formula is C12H18O3. The molecule has 1 aliphatic carbocycles. The maximum absolute atomic E-state index is 10.7. The lowest BCUT2D eigenvalue weighted by molar-refractivity contribution is 0.0789. The Morgan fingerprint density at radius 2 is 2.40 bits per heavy atom. The lowest BCUT2D eigenvalue weighted by Gasteiger charge is -2.21. The molecule has 0 bridgehead atoms. The van der Waals surface area contributed by atoms with Crippen molar-refractivity contribution in [1.29, 1.82) is 0 Å². The van der Waals surface area contributed by atoms with Crippen molar-refractivity contribution in [2.45, 2.75) is 26.2 Å². The summed E-state index contributed by atoms with van der Waals surface area (Å²) in [5.74, 6) is 0.590. The standard InChI is InChI=1S/C12H18O3/c1-9(2)11-6-4-10(5-7-11)8-15-12(13)14-3/h4,11H,1,5-8H2,2-3H3. The van der Waals surface area contributed by atoms with E-state index in [9.17, 15) is 4.79 Å². The number of hydrogen-bond donors (Lipinski definition) is 0. The second kappa shape index (κ2) is 5.59. The molecule has 15 heavy (non-hydrogen) atoms. The molecular weight excluding hydrogens is 192 g/mol. The lowest BCUT2D eigenvalue weighted by Crippen LogP contribution is -2.12. The molecule has 1 unspecified atom stereocenters. The summed E-state index contributed by atoms with van der Waals surface area (Å²) in [4.78, 5) is 10.7. The third-order valence-electron chi connectivity index (χ3n) is 2.74. The lowest BCUT2D eigenvalue weighted by atomic mass is 9.86. The van der Waals surface area contributed by atoms with Crippen LogP contribution in [0.25, 0.3) is 0 Å². The minimum atomic E-state index is -0.613. The fourth-order valence-corrected chi connectivity index (χ4v) is 1.68. The van der Waals surface area contributed by atoms with Gasteiger partial charge in [-0.1, -0.05) is 18.2 Å². The summed E-state index contributed by atoms with van der Waals surface area (Å²) in [7, 11) is 1.31. The number of rotatable bonds is 3. The number of allylic oxidation sites excluding steroid dienone is 2. The van der Waals surface area contributed by atoms with Crippen LogP contribution in [-0.2, 0) is 9.47 Å². The molecule has 1 aliphatic rings. The van der Waals surface area contributed by atoms with Crippen LogP contribution < -0.4 is 0 Å². The van der Waals surface area contributed by atoms with Crippen molar-refractivity contribution in [1.82, 2.24) is 0 Å². The van der Waals surface area contributed by atoms with Crippen molar-refractivity contribution in [3.05, 3.63) is 23.8 Å². The molecule has 0 heterocycles. The normalized spacial score (nSPS) is 20.4. The van der Waals surface area contributed by atoms with Gasteiger partial charge in [-0.15, -0.1) is 0 Å². The van der Waals surface area contributed by atoms with Gasteiger partial charge in [0.25, 0.3) is 0 Å². The average Bonchev–Trinajstić information content (AvgIpc) is 2.26. The van der Waals surface area contributed by atoms with Crippen molar-refractivity contribution >= 4 is 6.16 Å². The molecule has 0 radical (unpaired) electrons. The van der Waals surface area contributed by atoms with Gasteiger partial charge in [-0.25, -0.2) is 4.79 Å². The Hall–Kier alpha value is -1.25. The first kappa shape index (κ1) is 11.8. The molecule has 0 aromatic carbocycles. The van der Waals surface area contributed by atoms with E-state index < -0.39 is 6.16 Å². The summed E-state index contributed by atoms with van der Waals surface area (Å²) < 4.78 is 9.27. The summed E-state index contributed by atoms with van der Waals surface area (Å²) >= 11 is 0. The van der Waals surface area contributed by atoms with Crippen molar-refractivity contribution in [2.75, 3.05) is 13.7 Å². The second-order valence-electron chi connectivity index (χ2n) is 3.92. The van der Waals surface area contributed by atoms with Crippen LogP contribution in [0.4, 0.5) is 4.79 Å². The van der Waals surface area contributed by atoms with Crippen molar-refractivity contribution in [3.8, 4) is 0 Å². The van der Waals surface area contributed by atoms with Crippen LogP contribution in [0.3, 0.4) is 0 Å². The molecule has 0 spiro atoms. The van der Waals surface area contributed by atoms with E-state index in [4.69, 9.17) is 4.74 Å².